The lowest BCUT2D eigenvalue weighted by atomic mass is 9.92. The van der Waals surface area contributed by atoms with Crippen LogP contribution in [0.3, 0.4) is 0 Å². The molecule has 1 aliphatic carbocycles. The molecule has 0 aromatic heterocycles. The molecule has 2 aliphatic rings. The number of carbonyl (C=O) groups is 3. The minimum Gasteiger partial charge on any atom is -0.481 e. The summed E-state index contributed by atoms with van der Waals surface area (Å²) < 4.78 is 0. The van der Waals surface area contributed by atoms with Crippen molar-refractivity contribution in [1.29, 1.82) is 0 Å². The maximum Gasteiger partial charge on any atom is 0.308 e. The standard InChI is InChI=1S/C20H26N2O4/c1-13-2-4-14(5-3-13)6-9-18(23)21-10-19(24)22-11-16(15-7-8-15)17(12-22)20(25)26/h2-5,15-17H,6-12H2,1H3,(H,21,23)(H,25,26)/t16-,17+/m1/s1. The lowest BCUT2D eigenvalue weighted by Crippen LogP contribution is -2.39. The highest BCUT2D eigenvalue weighted by atomic mass is 16.4. The van der Waals surface area contributed by atoms with Crippen molar-refractivity contribution in [2.75, 3.05) is 19.6 Å². The number of carbonyl (C=O) groups excluding carboxylic acids is 2. The number of likely N-dealkylation sites (tertiary alicyclic amines) is 1. The van der Waals surface area contributed by atoms with Gasteiger partial charge in [0.05, 0.1) is 12.5 Å². The first kappa shape index (κ1) is 18.4. The molecule has 6 heteroatoms. The minimum atomic E-state index is -0.820. The number of nitrogens with zero attached hydrogens (tertiary/aromatic N) is 1. The molecule has 1 saturated carbocycles. The number of benzene rings is 1. The highest BCUT2D eigenvalue weighted by Crippen LogP contribution is 2.44. The highest BCUT2D eigenvalue weighted by molar-refractivity contribution is 5.85. The van der Waals surface area contributed by atoms with Gasteiger partial charge in [0.1, 0.15) is 0 Å². The molecule has 1 saturated heterocycles. The third-order valence-electron chi connectivity index (χ3n) is 5.46. The van der Waals surface area contributed by atoms with Gasteiger partial charge in [0, 0.05) is 19.5 Å². The molecular weight excluding hydrogens is 332 g/mol. The van der Waals surface area contributed by atoms with Crippen molar-refractivity contribution in [2.45, 2.75) is 32.6 Å². The molecule has 1 aliphatic heterocycles. The molecule has 2 fully saturated rings. The third kappa shape index (κ3) is 4.62. The zero-order valence-corrected chi connectivity index (χ0v) is 15.1. The summed E-state index contributed by atoms with van der Waals surface area (Å²) in [4.78, 5) is 37.3. The van der Waals surface area contributed by atoms with Crippen molar-refractivity contribution < 1.29 is 19.5 Å². The van der Waals surface area contributed by atoms with Crippen LogP contribution in [0.1, 0.15) is 30.4 Å². The highest BCUT2D eigenvalue weighted by Gasteiger charge is 2.46. The van der Waals surface area contributed by atoms with E-state index in [0.29, 0.717) is 25.3 Å². The van der Waals surface area contributed by atoms with Gasteiger partial charge in [-0.3, -0.25) is 14.4 Å². The lowest BCUT2D eigenvalue weighted by Gasteiger charge is -2.16. The van der Waals surface area contributed by atoms with E-state index in [0.717, 1.165) is 18.4 Å². The first-order chi connectivity index (χ1) is 12.4. The maximum atomic E-state index is 12.3. The summed E-state index contributed by atoms with van der Waals surface area (Å²) in [6.45, 7) is 2.72. The molecule has 0 radical (unpaired) electrons. The number of aryl methyl sites for hydroxylation is 2. The Morgan fingerprint density at radius 2 is 1.85 bits per heavy atom. The number of hydrogen-bond acceptors (Lipinski definition) is 3. The van der Waals surface area contributed by atoms with Gasteiger partial charge >= 0.3 is 5.97 Å². The summed E-state index contributed by atoms with van der Waals surface area (Å²) in [7, 11) is 0. The zero-order valence-electron chi connectivity index (χ0n) is 15.1. The lowest BCUT2D eigenvalue weighted by molar-refractivity contribution is -0.143. The Kier molecular flexibility index (Phi) is 5.59. The van der Waals surface area contributed by atoms with Crippen molar-refractivity contribution in [3.63, 3.8) is 0 Å². The van der Waals surface area contributed by atoms with E-state index in [-0.39, 0.29) is 30.8 Å². The van der Waals surface area contributed by atoms with Crippen LogP contribution in [-0.4, -0.2) is 47.4 Å². The predicted molar refractivity (Wildman–Crippen MR) is 96.4 cm³/mol. The van der Waals surface area contributed by atoms with Crippen LogP contribution < -0.4 is 5.32 Å². The topological polar surface area (TPSA) is 86.7 Å². The van der Waals surface area contributed by atoms with E-state index in [1.807, 2.05) is 31.2 Å². The van der Waals surface area contributed by atoms with E-state index in [2.05, 4.69) is 5.32 Å². The molecule has 1 aromatic rings. The van der Waals surface area contributed by atoms with E-state index in [1.54, 1.807) is 4.90 Å². The Hall–Kier alpha value is -2.37. The average Bonchev–Trinajstić information content (AvgIpc) is 3.37. The number of rotatable bonds is 7. The van der Waals surface area contributed by atoms with Crippen molar-refractivity contribution >= 4 is 17.8 Å². The second-order valence-electron chi connectivity index (χ2n) is 7.51. The molecule has 2 atom stereocenters. The Balaban J connectivity index is 1.42. The first-order valence-corrected chi connectivity index (χ1v) is 9.27. The molecule has 3 rings (SSSR count). The number of carboxylic acid groups (broad SMARTS) is 1. The van der Waals surface area contributed by atoms with Gasteiger partial charge in [0.2, 0.25) is 11.8 Å². The normalized spacial score (nSPS) is 22.3. The molecule has 6 nitrogen and oxygen atoms in total. The number of aliphatic carboxylic acids is 1. The van der Waals surface area contributed by atoms with Gasteiger partial charge < -0.3 is 15.3 Å². The summed E-state index contributed by atoms with van der Waals surface area (Å²) in [6, 6.07) is 8.03. The number of amides is 2. The van der Waals surface area contributed by atoms with Gasteiger partial charge in [-0.15, -0.1) is 0 Å². The number of carboxylic acids is 1. The second kappa shape index (κ2) is 7.89. The Morgan fingerprint density at radius 3 is 2.46 bits per heavy atom. The van der Waals surface area contributed by atoms with Crippen LogP contribution in [-0.2, 0) is 20.8 Å². The first-order valence-electron chi connectivity index (χ1n) is 9.27. The molecule has 0 spiro atoms. The van der Waals surface area contributed by atoms with E-state index in [1.165, 1.54) is 5.56 Å². The second-order valence-corrected chi connectivity index (χ2v) is 7.51. The average molecular weight is 358 g/mol. The number of nitrogens with one attached hydrogen (secondary N) is 1. The summed E-state index contributed by atoms with van der Waals surface area (Å²) in [5.41, 5.74) is 2.27. The van der Waals surface area contributed by atoms with Crippen LogP contribution in [0.2, 0.25) is 0 Å². The fraction of sp³-hybridized carbons (Fsp3) is 0.550. The fourth-order valence-electron chi connectivity index (χ4n) is 3.68. The van der Waals surface area contributed by atoms with Crippen LogP contribution in [0.15, 0.2) is 24.3 Å². The molecule has 2 amide bonds. The van der Waals surface area contributed by atoms with Crippen LogP contribution in [0.5, 0.6) is 0 Å². The Labute approximate surface area is 153 Å². The largest absolute Gasteiger partial charge is 0.481 e. The fourth-order valence-corrected chi connectivity index (χ4v) is 3.68. The van der Waals surface area contributed by atoms with E-state index >= 15 is 0 Å². The van der Waals surface area contributed by atoms with Crippen molar-refractivity contribution in [3.8, 4) is 0 Å². The summed E-state index contributed by atoms with van der Waals surface area (Å²) in [5.74, 6) is -1.13. The van der Waals surface area contributed by atoms with Crippen LogP contribution in [0.4, 0.5) is 0 Å². The zero-order chi connectivity index (χ0) is 18.7. The molecule has 26 heavy (non-hydrogen) atoms. The summed E-state index contributed by atoms with van der Waals surface area (Å²) in [6.07, 6.45) is 3.09. The SMILES string of the molecule is Cc1ccc(CCC(=O)NCC(=O)N2C[C@H](C(=O)O)[C@@H](C3CC3)C2)cc1. The smallest absolute Gasteiger partial charge is 0.308 e. The third-order valence-corrected chi connectivity index (χ3v) is 5.46. The predicted octanol–water partition coefficient (Wildman–Crippen LogP) is 1.61. The quantitative estimate of drug-likeness (QED) is 0.775. The van der Waals surface area contributed by atoms with Crippen molar-refractivity contribution in [3.05, 3.63) is 35.4 Å². The van der Waals surface area contributed by atoms with Crippen LogP contribution >= 0.6 is 0 Å². The maximum absolute atomic E-state index is 12.3. The molecule has 1 heterocycles. The van der Waals surface area contributed by atoms with Crippen LogP contribution in [0.25, 0.3) is 0 Å². The van der Waals surface area contributed by atoms with Crippen molar-refractivity contribution in [1.82, 2.24) is 10.2 Å². The molecule has 2 N–H and O–H groups in total. The number of hydrogen-bond donors (Lipinski definition) is 2. The van der Waals surface area contributed by atoms with Gasteiger partial charge in [0.25, 0.3) is 0 Å². The van der Waals surface area contributed by atoms with Gasteiger partial charge in [0.15, 0.2) is 0 Å². The summed E-state index contributed by atoms with van der Waals surface area (Å²) >= 11 is 0. The van der Waals surface area contributed by atoms with Gasteiger partial charge in [-0.05, 0) is 43.6 Å². The Morgan fingerprint density at radius 1 is 1.15 bits per heavy atom. The van der Waals surface area contributed by atoms with Gasteiger partial charge in [-0.25, -0.2) is 0 Å². The van der Waals surface area contributed by atoms with E-state index < -0.39 is 11.9 Å². The molecule has 140 valence electrons. The summed E-state index contributed by atoms with van der Waals surface area (Å²) in [5, 5.41) is 12.0. The molecular formula is C20H26N2O4. The van der Waals surface area contributed by atoms with Gasteiger partial charge in [-0.2, -0.15) is 0 Å². The van der Waals surface area contributed by atoms with Gasteiger partial charge in [-0.1, -0.05) is 29.8 Å². The molecule has 0 unspecified atom stereocenters. The van der Waals surface area contributed by atoms with E-state index in [9.17, 15) is 19.5 Å². The Bertz CT molecular complexity index is 682. The van der Waals surface area contributed by atoms with Crippen molar-refractivity contribution in [2.24, 2.45) is 17.8 Å². The van der Waals surface area contributed by atoms with Crippen LogP contribution in [0, 0.1) is 24.7 Å². The monoisotopic (exact) mass is 358 g/mol. The molecule has 1 aromatic carbocycles. The molecule has 0 bridgehead atoms. The van der Waals surface area contributed by atoms with E-state index in [4.69, 9.17) is 0 Å². The minimum absolute atomic E-state index is 0.0591.